The molecule has 0 saturated carbocycles. The molecule has 3 N–H and O–H groups in total. The van der Waals surface area contributed by atoms with Gasteiger partial charge in [0.05, 0.1) is 5.56 Å². The lowest BCUT2D eigenvalue weighted by molar-refractivity contribution is 0.102. The van der Waals surface area contributed by atoms with Crippen molar-refractivity contribution in [3.05, 3.63) is 56.1 Å². The van der Waals surface area contributed by atoms with Crippen LogP contribution in [0.1, 0.15) is 10.4 Å². The molecule has 0 fully saturated rings. The molecule has 0 atom stereocenters. The number of amides is 1. The number of nitrogens with two attached hydrogens (primary N) is 1. The van der Waals surface area contributed by atoms with E-state index in [4.69, 9.17) is 5.73 Å². The molecule has 2 aromatic carbocycles. The SMILES string of the molecule is Nc1ccc(Br)cc1C(=O)Nc1cccc(I)c1. The van der Waals surface area contributed by atoms with Crippen molar-refractivity contribution in [2.75, 3.05) is 11.1 Å². The zero-order valence-corrected chi connectivity index (χ0v) is 13.0. The number of nitrogen functional groups attached to an aromatic ring is 1. The van der Waals surface area contributed by atoms with E-state index in [9.17, 15) is 4.79 Å². The highest BCUT2D eigenvalue weighted by Gasteiger charge is 2.10. The molecule has 5 heteroatoms. The second-order valence-corrected chi connectivity index (χ2v) is 5.86. The Balaban J connectivity index is 2.24. The maximum atomic E-state index is 12.1. The van der Waals surface area contributed by atoms with E-state index in [1.165, 1.54) is 0 Å². The van der Waals surface area contributed by atoms with Gasteiger partial charge >= 0.3 is 0 Å². The van der Waals surface area contributed by atoms with Gasteiger partial charge in [0.2, 0.25) is 0 Å². The summed E-state index contributed by atoms with van der Waals surface area (Å²) in [7, 11) is 0. The first-order valence-electron chi connectivity index (χ1n) is 5.18. The Bertz CT molecular complexity index is 601. The average Bonchev–Trinajstić information content (AvgIpc) is 2.32. The summed E-state index contributed by atoms with van der Waals surface area (Å²) in [5.41, 5.74) is 7.47. The third kappa shape index (κ3) is 3.23. The molecule has 2 rings (SSSR count). The van der Waals surface area contributed by atoms with E-state index in [1.54, 1.807) is 18.2 Å². The molecule has 0 aliphatic heterocycles. The van der Waals surface area contributed by atoms with E-state index in [2.05, 4.69) is 43.8 Å². The summed E-state index contributed by atoms with van der Waals surface area (Å²) in [4.78, 5) is 12.1. The van der Waals surface area contributed by atoms with E-state index >= 15 is 0 Å². The summed E-state index contributed by atoms with van der Waals surface area (Å²) >= 11 is 5.52. The predicted octanol–water partition coefficient (Wildman–Crippen LogP) is 3.89. The molecule has 3 nitrogen and oxygen atoms in total. The first-order valence-corrected chi connectivity index (χ1v) is 7.05. The van der Waals surface area contributed by atoms with Crippen LogP contribution in [0.2, 0.25) is 0 Å². The minimum absolute atomic E-state index is 0.212. The van der Waals surface area contributed by atoms with Gasteiger partial charge in [-0.25, -0.2) is 0 Å². The van der Waals surface area contributed by atoms with Gasteiger partial charge in [0, 0.05) is 19.4 Å². The van der Waals surface area contributed by atoms with Crippen molar-refractivity contribution >= 4 is 55.8 Å². The topological polar surface area (TPSA) is 55.1 Å². The van der Waals surface area contributed by atoms with Crippen LogP contribution in [0.25, 0.3) is 0 Å². The van der Waals surface area contributed by atoms with Gasteiger partial charge in [-0.1, -0.05) is 22.0 Å². The standard InChI is InChI=1S/C13H10BrIN2O/c14-8-4-5-12(16)11(6-8)13(18)17-10-3-1-2-9(15)7-10/h1-7H,16H2,(H,17,18). The number of carbonyl (C=O) groups excluding carboxylic acids is 1. The molecule has 0 saturated heterocycles. The fourth-order valence-electron chi connectivity index (χ4n) is 1.49. The Morgan fingerprint density at radius 1 is 1.22 bits per heavy atom. The van der Waals surface area contributed by atoms with Crippen LogP contribution in [0.3, 0.4) is 0 Å². The smallest absolute Gasteiger partial charge is 0.257 e. The maximum absolute atomic E-state index is 12.1. The Morgan fingerprint density at radius 2 is 2.00 bits per heavy atom. The minimum Gasteiger partial charge on any atom is -0.398 e. The number of carbonyl (C=O) groups is 1. The first-order chi connectivity index (χ1) is 8.56. The molecule has 0 aliphatic rings. The van der Waals surface area contributed by atoms with Gasteiger partial charge < -0.3 is 11.1 Å². The van der Waals surface area contributed by atoms with Crippen molar-refractivity contribution in [2.24, 2.45) is 0 Å². The van der Waals surface area contributed by atoms with Crippen LogP contribution in [0.15, 0.2) is 46.9 Å². The molecule has 0 aromatic heterocycles. The molecule has 0 heterocycles. The molecule has 0 bridgehead atoms. The van der Waals surface area contributed by atoms with Crippen LogP contribution in [-0.4, -0.2) is 5.91 Å². The summed E-state index contributed by atoms with van der Waals surface area (Å²) in [5.74, 6) is -0.212. The lowest BCUT2D eigenvalue weighted by atomic mass is 10.1. The van der Waals surface area contributed by atoms with Crippen LogP contribution in [0.4, 0.5) is 11.4 Å². The molecule has 1 amide bonds. The third-order valence-electron chi connectivity index (χ3n) is 2.34. The average molecular weight is 417 g/mol. The van der Waals surface area contributed by atoms with Crippen LogP contribution >= 0.6 is 38.5 Å². The van der Waals surface area contributed by atoms with Crippen molar-refractivity contribution < 1.29 is 4.79 Å². The maximum Gasteiger partial charge on any atom is 0.257 e. The molecule has 92 valence electrons. The monoisotopic (exact) mass is 416 g/mol. The molecular weight excluding hydrogens is 407 g/mol. The van der Waals surface area contributed by atoms with Crippen molar-refractivity contribution in [1.82, 2.24) is 0 Å². The Labute approximate surface area is 127 Å². The largest absolute Gasteiger partial charge is 0.398 e. The summed E-state index contributed by atoms with van der Waals surface area (Å²) in [6.45, 7) is 0. The minimum atomic E-state index is -0.212. The second kappa shape index (κ2) is 5.71. The Morgan fingerprint density at radius 3 is 2.72 bits per heavy atom. The lowest BCUT2D eigenvalue weighted by Crippen LogP contribution is -2.14. The van der Waals surface area contributed by atoms with Gasteiger partial charge in [0.1, 0.15) is 0 Å². The summed E-state index contributed by atoms with van der Waals surface area (Å²) in [5, 5.41) is 2.82. The normalized spacial score (nSPS) is 10.1. The molecule has 0 radical (unpaired) electrons. The highest BCUT2D eigenvalue weighted by molar-refractivity contribution is 14.1. The van der Waals surface area contributed by atoms with Crippen molar-refractivity contribution in [1.29, 1.82) is 0 Å². The third-order valence-corrected chi connectivity index (χ3v) is 3.51. The van der Waals surface area contributed by atoms with Crippen molar-refractivity contribution in [2.45, 2.75) is 0 Å². The van der Waals surface area contributed by atoms with E-state index in [1.807, 2.05) is 24.3 Å². The predicted molar refractivity (Wildman–Crippen MR) is 85.7 cm³/mol. The van der Waals surface area contributed by atoms with Gasteiger partial charge in [-0.2, -0.15) is 0 Å². The zero-order valence-electron chi connectivity index (χ0n) is 9.28. The number of halogens is 2. The van der Waals surface area contributed by atoms with Gasteiger partial charge in [-0.3, -0.25) is 4.79 Å². The molecular formula is C13H10BrIN2O. The van der Waals surface area contributed by atoms with E-state index in [0.29, 0.717) is 11.3 Å². The van der Waals surface area contributed by atoms with Gasteiger partial charge in [0.15, 0.2) is 0 Å². The highest BCUT2D eigenvalue weighted by atomic mass is 127. The van der Waals surface area contributed by atoms with E-state index in [0.717, 1.165) is 13.7 Å². The zero-order chi connectivity index (χ0) is 13.1. The van der Waals surface area contributed by atoms with Crippen molar-refractivity contribution in [3.63, 3.8) is 0 Å². The second-order valence-electron chi connectivity index (χ2n) is 3.70. The quantitative estimate of drug-likeness (QED) is 0.576. The van der Waals surface area contributed by atoms with Crippen LogP contribution < -0.4 is 11.1 Å². The van der Waals surface area contributed by atoms with Crippen LogP contribution in [0.5, 0.6) is 0 Å². The molecule has 0 spiro atoms. The number of nitrogens with one attached hydrogen (secondary N) is 1. The Kier molecular flexibility index (Phi) is 4.23. The number of hydrogen-bond acceptors (Lipinski definition) is 2. The molecule has 0 aliphatic carbocycles. The Hall–Kier alpha value is -1.08. The van der Waals surface area contributed by atoms with Gasteiger partial charge in [-0.15, -0.1) is 0 Å². The number of rotatable bonds is 2. The van der Waals surface area contributed by atoms with Crippen LogP contribution in [0, 0.1) is 3.57 Å². The molecule has 18 heavy (non-hydrogen) atoms. The van der Waals surface area contributed by atoms with Crippen molar-refractivity contribution in [3.8, 4) is 0 Å². The van der Waals surface area contributed by atoms with E-state index in [-0.39, 0.29) is 5.91 Å². The fraction of sp³-hybridized carbons (Fsp3) is 0. The summed E-state index contributed by atoms with van der Waals surface area (Å²) in [6, 6.07) is 12.8. The summed E-state index contributed by atoms with van der Waals surface area (Å²) < 4.78 is 1.89. The van der Waals surface area contributed by atoms with Gasteiger partial charge in [0.25, 0.3) is 5.91 Å². The molecule has 2 aromatic rings. The van der Waals surface area contributed by atoms with E-state index < -0.39 is 0 Å². The fourth-order valence-corrected chi connectivity index (χ4v) is 2.39. The highest BCUT2D eigenvalue weighted by Crippen LogP contribution is 2.20. The number of hydrogen-bond donors (Lipinski definition) is 2. The van der Waals surface area contributed by atoms with Crippen LogP contribution in [-0.2, 0) is 0 Å². The first kappa shape index (κ1) is 13.4. The molecule has 0 unspecified atom stereocenters. The van der Waals surface area contributed by atoms with Gasteiger partial charge in [-0.05, 0) is 59.0 Å². The lowest BCUT2D eigenvalue weighted by Gasteiger charge is -2.08. The number of benzene rings is 2. The number of anilines is 2. The summed E-state index contributed by atoms with van der Waals surface area (Å²) in [6.07, 6.45) is 0.